The van der Waals surface area contributed by atoms with Gasteiger partial charge in [-0.3, -0.25) is 9.59 Å². The van der Waals surface area contributed by atoms with Gasteiger partial charge in [-0.2, -0.15) is 0 Å². The summed E-state index contributed by atoms with van der Waals surface area (Å²) >= 11 is 0. The summed E-state index contributed by atoms with van der Waals surface area (Å²) in [6.45, 7) is 1.34. The van der Waals surface area contributed by atoms with Gasteiger partial charge < -0.3 is 15.1 Å². The third kappa shape index (κ3) is 3.75. The minimum absolute atomic E-state index is 0.0451. The van der Waals surface area contributed by atoms with E-state index < -0.39 is 0 Å². The van der Waals surface area contributed by atoms with Gasteiger partial charge in [0.05, 0.1) is 11.1 Å². The molecule has 1 aromatic heterocycles. The Morgan fingerprint density at radius 1 is 1.11 bits per heavy atom. The molecule has 6 heteroatoms. The molecule has 1 saturated heterocycles. The van der Waals surface area contributed by atoms with Crippen molar-refractivity contribution in [2.45, 2.75) is 31.7 Å². The summed E-state index contributed by atoms with van der Waals surface area (Å²) < 4.78 is 0. The first-order valence-electron chi connectivity index (χ1n) is 9.69. The molecule has 0 bridgehead atoms. The summed E-state index contributed by atoms with van der Waals surface area (Å²) in [6.07, 6.45) is 3.67. The van der Waals surface area contributed by atoms with E-state index in [-0.39, 0.29) is 23.8 Å². The second kappa shape index (κ2) is 7.18. The van der Waals surface area contributed by atoms with E-state index in [2.05, 4.69) is 10.3 Å². The lowest BCUT2D eigenvalue weighted by molar-refractivity contribution is -0.123. The van der Waals surface area contributed by atoms with Crippen molar-refractivity contribution < 1.29 is 9.59 Å². The number of carbonyl (C=O) groups is 2. The van der Waals surface area contributed by atoms with Crippen molar-refractivity contribution in [2.24, 2.45) is 5.92 Å². The lowest BCUT2D eigenvalue weighted by atomic mass is 10.0. The first kappa shape index (κ1) is 17.8. The number of benzene rings is 1. The number of pyridine rings is 1. The highest BCUT2D eigenvalue weighted by Crippen LogP contribution is 2.29. The summed E-state index contributed by atoms with van der Waals surface area (Å²) in [5.41, 5.74) is 1.53. The van der Waals surface area contributed by atoms with Crippen LogP contribution in [0.4, 0.5) is 5.82 Å². The normalized spacial score (nSPS) is 17.8. The van der Waals surface area contributed by atoms with Crippen LogP contribution in [0.1, 0.15) is 36.0 Å². The Morgan fingerprint density at radius 3 is 2.48 bits per heavy atom. The molecule has 1 aliphatic heterocycles. The number of amides is 2. The molecule has 0 unspecified atom stereocenters. The van der Waals surface area contributed by atoms with E-state index >= 15 is 0 Å². The summed E-state index contributed by atoms with van der Waals surface area (Å²) in [6, 6.07) is 9.85. The number of para-hydroxylation sites is 1. The number of nitrogens with zero attached hydrogens (tertiary/aromatic N) is 3. The van der Waals surface area contributed by atoms with Gasteiger partial charge in [0.2, 0.25) is 5.91 Å². The molecule has 1 aromatic carbocycles. The second-order valence-corrected chi connectivity index (χ2v) is 7.79. The SMILES string of the molecule is CN(C)c1cc(C(=O)N2CCC(NC(=O)C3CC3)CC2)c2ccccc2n1. The van der Waals surface area contributed by atoms with Gasteiger partial charge in [0.1, 0.15) is 5.82 Å². The van der Waals surface area contributed by atoms with Crippen LogP contribution in [0.3, 0.4) is 0 Å². The summed E-state index contributed by atoms with van der Waals surface area (Å²) in [5.74, 6) is 1.25. The number of fused-ring (bicyclic) bond motifs is 1. The van der Waals surface area contributed by atoms with Crippen LogP contribution in [0.5, 0.6) is 0 Å². The van der Waals surface area contributed by atoms with Crippen molar-refractivity contribution in [3.05, 3.63) is 35.9 Å². The molecule has 0 radical (unpaired) electrons. The van der Waals surface area contributed by atoms with Gasteiger partial charge >= 0.3 is 0 Å². The molecule has 142 valence electrons. The highest BCUT2D eigenvalue weighted by molar-refractivity contribution is 6.07. The van der Waals surface area contributed by atoms with Crippen molar-refractivity contribution in [2.75, 3.05) is 32.1 Å². The molecule has 1 N–H and O–H groups in total. The maximum Gasteiger partial charge on any atom is 0.254 e. The van der Waals surface area contributed by atoms with E-state index in [4.69, 9.17) is 0 Å². The van der Waals surface area contributed by atoms with E-state index in [9.17, 15) is 9.59 Å². The van der Waals surface area contributed by atoms with Crippen LogP contribution in [0.2, 0.25) is 0 Å². The van der Waals surface area contributed by atoms with Crippen molar-refractivity contribution in [3.8, 4) is 0 Å². The van der Waals surface area contributed by atoms with E-state index in [1.807, 2.05) is 54.2 Å². The van der Waals surface area contributed by atoms with Crippen LogP contribution in [0, 0.1) is 5.92 Å². The molecule has 0 atom stereocenters. The second-order valence-electron chi connectivity index (χ2n) is 7.79. The third-order valence-corrected chi connectivity index (χ3v) is 5.47. The van der Waals surface area contributed by atoms with Crippen LogP contribution in [-0.4, -0.2) is 54.9 Å². The predicted octanol–water partition coefficient (Wildman–Crippen LogP) is 2.43. The Hall–Kier alpha value is -2.63. The number of anilines is 1. The van der Waals surface area contributed by atoms with Gasteiger partial charge in [0.15, 0.2) is 0 Å². The average Bonchev–Trinajstić information content (AvgIpc) is 3.52. The number of hydrogen-bond donors (Lipinski definition) is 1. The van der Waals surface area contributed by atoms with Crippen molar-refractivity contribution >= 4 is 28.5 Å². The molecule has 2 aliphatic rings. The van der Waals surface area contributed by atoms with E-state index in [1.54, 1.807) is 0 Å². The van der Waals surface area contributed by atoms with Crippen LogP contribution < -0.4 is 10.2 Å². The molecule has 0 spiro atoms. The number of hydrogen-bond acceptors (Lipinski definition) is 4. The Labute approximate surface area is 159 Å². The standard InChI is InChI=1S/C21H26N4O2/c1-24(2)19-13-17(16-5-3-4-6-18(16)23-19)21(27)25-11-9-15(10-12-25)22-20(26)14-7-8-14/h3-6,13-15H,7-12H2,1-2H3,(H,22,26). The van der Waals surface area contributed by atoms with E-state index in [1.165, 1.54) is 0 Å². The summed E-state index contributed by atoms with van der Waals surface area (Å²) in [4.78, 5) is 33.6. The van der Waals surface area contributed by atoms with Crippen LogP contribution >= 0.6 is 0 Å². The smallest absolute Gasteiger partial charge is 0.254 e. The molecule has 2 aromatic rings. The highest BCUT2D eigenvalue weighted by Gasteiger charge is 2.32. The fourth-order valence-corrected chi connectivity index (χ4v) is 3.63. The number of aromatic nitrogens is 1. The topological polar surface area (TPSA) is 65.5 Å². The Kier molecular flexibility index (Phi) is 4.72. The van der Waals surface area contributed by atoms with Gasteiger partial charge in [0, 0.05) is 44.5 Å². The van der Waals surface area contributed by atoms with Gasteiger partial charge in [-0.05, 0) is 37.8 Å². The maximum absolute atomic E-state index is 13.2. The number of likely N-dealkylation sites (tertiary alicyclic amines) is 1. The fraction of sp³-hybridized carbons (Fsp3) is 0.476. The molecular weight excluding hydrogens is 340 g/mol. The molecular formula is C21H26N4O2. The lowest BCUT2D eigenvalue weighted by Crippen LogP contribution is -2.47. The van der Waals surface area contributed by atoms with E-state index in [0.717, 1.165) is 42.4 Å². The first-order valence-corrected chi connectivity index (χ1v) is 9.69. The zero-order chi connectivity index (χ0) is 19.0. The number of carbonyl (C=O) groups excluding carboxylic acids is 2. The predicted molar refractivity (Wildman–Crippen MR) is 106 cm³/mol. The van der Waals surface area contributed by atoms with Crippen LogP contribution in [-0.2, 0) is 4.79 Å². The maximum atomic E-state index is 13.2. The first-order chi connectivity index (χ1) is 13.0. The van der Waals surface area contributed by atoms with Crippen molar-refractivity contribution in [1.82, 2.24) is 15.2 Å². The number of piperidine rings is 1. The molecule has 1 aliphatic carbocycles. The molecule has 2 amide bonds. The Balaban J connectivity index is 1.50. The quantitative estimate of drug-likeness (QED) is 0.903. The average molecular weight is 366 g/mol. The summed E-state index contributed by atoms with van der Waals surface area (Å²) in [5, 5.41) is 4.03. The Morgan fingerprint density at radius 2 is 1.81 bits per heavy atom. The zero-order valence-corrected chi connectivity index (χ0v) is 15.9. The minimum atomic E-state index is 0.0451. The van der Waals surface area contributed by atoms with E-state index in [0.29, 0.717) is 18.7 Å². The third-order valence-electron chi connectivity index (χ3n) is 5.47. The van der Waals surface area contributed by atoms with Gasteiger partial charge in [-0.25, -0.2) is 4.98 Å². The van der Waals surface area contributed by atoms with Crippen molar-refractivity contribution in [1.29, 1.82) is 0 Å². The van der Waals surface area contributed by atoms with Gasteiger partial charge in [-0.1, -0.05) is 18.2 Å². The molecule has 6 nitrogen and oxygen atoms in total. The highest BCUT2D eigenvalue weighted by atomic mass is 16.2. The van der Waals surface area contributed by atoms with Crippen molar-refractivity contribution in [3.63, 3.8) is 0 Å². The fourth-order valence-electron chi connectivity index (χ4n) is 3.63. The molecule has 4 rings (SSSR count). The lowest BCUT2D eigenvalue weighted by Gasteiger charge is -2.33. The molecule has 2 heterocycles. The van der Waals surface area contributed by atoms with Gasteiger partial charge in [0.25, 0.3) is 5.91 Å². The molecule has 1 saturated carbocycles. The number of rotatable bonds is 4. The largest absolute Gasteiger partial charge is 0.363 e. The molecule has 2 fully saturated rings. The van der Waals surface area contributed by atoms with Crippen LogP contribution in [0.15, 0.2) is 30.3 Å². The zero-order valence-electron chi connectivity index (χ0n) is 15.9. The van der Waals surface area contributed by atoms with Gasteiger partial charge in [-0.15, -0.1) is 0 Å². The minimum Gasteiger partial charge on any atom is -0.363 e. The Bertz CT molecular complexity index is 868. The molecule has 27 heavy (non-hydrogen) atoms. The monoisotopic (exact) mass is 366 g/mol. The summed E-state index contributed by atoms with van der Waals surface area (Å²) in [7, 11) is 3.86. The number of nitrogens with one attached hydrogen (secondary N) is 1. The van der Waals surface area contributed by atoms with Crippen LogP contribution in [0.25, 0.3) is 10.9 Å².